The molecule has 2 N–H and O–H groups in total. The number of carbonyl (C=O) groups is 2. The molecule has 6 nitrogen and oxygen atoms in total. The molecule has 2 aromatic carbocycles. The van der Waals surface area contributed by atoms with Gasteiger partial charge in [-0.3, -0.25) is 4.79 Å². The van der Waals surface area contributed by atoms with Crippen molar-refractivity contribution in [1.82, 2.24) is 9.88 Å². The van der Waals surface area contributed by atoms with Gasteiger partial charge in [-0.25, -0.2) is 9.78 Å². The van der Waals surface area contributed by atoms with Crippen molar-refractivity contribution in [3.05, 3.63) is 66.4 Å². The van der Waals surface area contributed by atoms with Crippen LogP contribution in [-0.4, -0.2) is 34.9 Å². The summed E-state index contributed by atoms with van der Waals surface area (Å²) in [6.07, 6.45) is 1.56. The van der Waals surface area contributed by atoms with Gasteiger partial charge >= 0.3 is 6.03 Å². The van der Waals surface area contributed by atoms with Gasteiger partial charge in [0, 0.05) is 18.8 Å². The molecule has 1 atom stereocenters. The van der Waals surface area contributed by atoms with E-state index in [1.807, 2.05) is 67.6 Å². The number of para-hydroxylation sites is 1. The van der Waals surface area contributed by atoms with Gasteiger partial charge in [-0.05, 0) is 37.5 Å². The molecule has 2 heterocycles. The van der Waals surface area contributed by atoms with Crippen LogP contribution in [0.25, 0.3) is 10.4 Å². The summed E-state index contributed by atoms with van der Waals surface area (Å²) < 4.78 is 0. The standard InChI is InChI=1S/C23H24N4O2S/c1-16-20(17-9-4-2-5-10-17)30-22(24-16)26-21(28)18-11-8-14-27(15-18)23(29)25-19-12-6-3-7-13-19/h2-7,9-10,12-13,18H,8,11,14-15H2,1H3,(H,25,29)(H,24,26,28). The molecular formula is C23H24N4O2S. The van der Waals surface area contributed by atoms with E-state index in [9.17, 15) is 9.59 Å². The van der Waals surface area contributed by atoms with E-state index < -0.39 is 0 Å². The number of urea groups is 1. The molecule has 0 bridgehead atoms. The Kier molecular flexibility index (Phi) is 6.09. The molecule has 0 aliphatic carbocycles. The minimum atomic E-state index is -0.246. The molecule has 1 saturated heterocycles. The van der Waals surface area contributed by atoms with Crippen LogP contribution in [0.2, 0.25) is 0 Å². The topological polar surface area (TPSA) is 74.3 Å². The number of thiazole rings is 1. The highest BCUT2D eigenvalue weighted by Gasteiger charge is 2.29. The largest absolute Gasteiger partial charge is 0.324 e. The van der Waals surface area contributed by atoms with E-state index in [1.165, 1.54) is 11.3 Å². The highest BCUT2D eigenvalue weighted by atomic mass is 32.1. The van der Waals surface area contributed by atoms with Crippen LogP contribution in [0.1, 0.15) is 18.5 Å². The average molecular weight is 421 g/mol. The van der Waals surface area contributed by atoms with E-state index in [1.54, 1.807) is 4.90 Å². The van der Waals surface area contributed by atoms with Gasteiger partial charge in [0.2, 0.25) is 5.91 Å². The third kappa shape index (κ3) is 4.68. The number of nitrogens with zero attached hydrogens (tertiary/aromatic N) is 2. The first-order valence-electron chi connectivity index (χ1n) is 10.0. The van der Waals surface area contributed by atoms with Gasteiger partial charge in [0.05, 0.1) is 16.5 Å². The first-order valence-corrected chi connectivity index (χ1v) is 10.9. The summed E-state index contributed by atoms with van der Waals surface area (Å²) in [6, 6.07) is 19.2. The van der Waals surface area contributed by atoms with Gasteiger partial charge in [-0.1, -0.05) is 59.9 Å². The van der Waals surface area contributed by atoms with Gasteiger partial charge in [-0.2, -0.15) is 0 Å². The molecule has 154 valence electrons. The summed E-state index contributed by atoms with van der Waals surface area (Å²) in [4.78, 5) is 32.7. The van der Waals surface area contributed by atoms with Crippen LogP contribution in [0, 0.1) is 12.8 Å². The highest BCUT2D eigenvalue weighted by molar-refractivity contribution is 7.19. The average Bonchev–Trinajstić information content (AvgIpc) is 3.15. The maximum atomic E-state index is 12.8. The summed E-state index contributed by atoms with van der Waals surface area (Å²) in [5.41, 5.74) is 2.74. The summed E-state index contributed by atoms with van der Waals surface area (Å²) in [5, 5.41) is 6.46. The van der Waals surface area contributed by atoms with Crippen LogP contribution in [0.4, 0.5) is 15.6 Å². The SMILES string of the molecule is Cc1nc(NC(=O)C2CCCN(C(=O)Nc3ccccc3)C2)sc1-c1ccccc1. The first-order chi connectivity index (χ1) is 14.6. The predicted octanol–water partition coefficient (Wildman–Crippen LogP) is 5.00. The maximum Gasteiger partial charge on any atom is 0.321 e. The Morgan fingerprint density at radius 3 is 2.47 bits per heavy atom. The molecule has 0 saturated carbocycles. The van der Waals surface area contributed by atoms with Crippen molar-refractivity contribution in [2.24, 2.45) is 5.92 Å². The van der Waals surface area contributed by atoms with Gasteiger partial charge in [0.25, 0.3) is 0 Å². The number of likely N-dealkylation sites (tertiary alicyclic amines) is 1. The molecule has 0 radical (unpaired) electrons. The lowest BCUT2D eigenvalue weighted by molar-refractivity contribution is -0.121. The van der Waals surface area contributed by atoms with Crippen molar-refractivity contribution in [1.29, 1.82) is 0 Å². The van der Waals surface area contributed by atoms with Gasteiger partial charge in [-0.15, -0.1) is 0 Å². The Morgan fingerprint density at radius 1 is 1.03 bits per heavy atom. The number of nitrogens with one attached hydrogen (secondary N) is 2. The Bertz CT molecular complexity index is 1020. The quantitative estimate of drug-likeness (QED) is 0.624. The molecule has 1 aromatic heterocycles. The zero-order chi connectivity index (χ0) is 20.9. The Labute approximate surface area is 180 Å². The zero-order valence-electron chi connectivity index (χ0n) is 16.8. The summed E-state index contributed by atoms with van der Waals surface area (Å²) in [7, 11) is 0. The number of aryl methyl sites for hydroxylation is 1. The number of carbonyl (C=O) groups excluding carboxylic acids is 2. The molecule has 1 aliphatic rings. The minimum absolute atomic E-state index is 0.0828. The molecule has 7 heteroatoms. The highest BCUT2D eigenvalue weighted by Crippen LogP contribution is 2.33. The normalized spacial score (nSPS) is 16.2. The third-order valence-corrected chi connectivity index (χ3v) is 6.29. The zero-order valence-corrected chi connectivity index (χ0v) is 17.6. The van der Waals surface area contributed by atoms with E-state index in [0.29, 0.717) is 18.2 Å². The first kappa shape index (κ1) is 20.1. The van der Waals surface area contributed by atoms with Crippen LogP contribution in [-0.2, 0) is 4.79 Å². The van der Waals surface area contributed by atoms with Crippen LogP contribution in [0.15, 0.2) is 60.7 Å². The summed E-state index contributed by atoms with van der Waals surface area (Å²) >= 11 is 1.48. The van der Waals surface area contributed by atoms with Crippen molar-refractivity contribution in [2.75, 3.05) is 23.7 Å². The Balaban J connectivity index is 1.38. The lowest BCUT2D eigenvalue weighted by Gasteiger charge is -2.31. The maximum absolute atomic E-state index is 12.8. The number of rotatable bonds is 4. The molecule has 3 amide bonds. The minimum Gasteiger partial charge on any atom is -0.324 e. The van der Waals surface area contributed by atoms with Crippen LogP contribution < -0.4 is 10.6 Å². The van der Waals surface area contributed by atoms with E-state index in [4.69, 9.17) is 0 Å². The van der Waals surface area contributed by atoms with Gasteiger partial charge < -0.3 is 15.5 Å². The van der Waals surface area contributed by atoms with Gasteiger partial charge in [0.15, 0.2) is 5.13 Å². The van der Waals surface area contributed by atoms with Crippen molar-refractivity contribution in [2.45, 2.75) is 19.8 Å². The number of aromatic nitrogens is 1. The van der Waals surface area contributed by atoms with E-state index >= 15 is 0 Å². The van der Waals surface area contributed by atoms with Crippen LogP contribution in [0.5, 0.6) is 0 Å². The number of hydrogen-bond donors (Lipinski definition) is 2. The van der Waals surface area contributed by atoms with Crippen molar-refractivity contribution >= 4 is 34.1 Å². The van der Waals surface area contributed by atoms with Crippen LogP contribution in [0.3, 0.4) is 0 Å². The lowest BCUT2D eigenvalue weighted by atomic mass is 9.97. The van der Waals surface area contributed by atoms with Crippen molar-refractivity contribution < 1.29 is 9.59 Å². The fraction of sp³-hybridized carbons (Fsp3) is 0.261. The van der Waals surface area contributed by atoms with Crippen LogP contribution >= 0.6 is 11.3 Å². The summed E-state index contributed by atoms with van der Waals surface area (Å²) in [6.45, 7) is 3.00. The Morgan fingerprint density at radius 2 is 1.73 bits per heavy atom. The third-order valence-electron chi connectivity index (χ3n) is 5.17. The van der Waals surface area contributed by atoms with Crippen molar-refractivity contribution in [3.8, 4) is 10.4 Å². The lowest BCUT2D eigenvalue weighted by Crippen LogP contribution is -2.45. The smallest absolute Gasteiger partial charge is 0.321 e. The predicted molar refractivity (Wildman–Crippen MR) is 121 cm³/mol. The second-order valence-electron chi connectivity index (χ2n) is 7.37. The summed E-state index contributed by atoms with van der Waals surface area (Å²) in [5.74, 6) is -0.328. The number of anilines is 2. The molecule has 1 aliphatic heterocycles. The molecule has 1 unspecified atom stereocenters. The van der Waals surface area contributed by atoms with Gasteiger partial charge in [0.1, 0.15) is 0 Å². The monoisotopic (exact) mass is 420 g/mol. The second kappa shape index (κ2) is 9.09. The molecule has 1 fully saturated rings. The van der Waals surface area contributed by atoms with E-state index in [-0.39, 0.29) is 17.9 Å². The molecule has 4 rings (SSSR count). The van der Waals surface area contributed by atoms with E-state index in [2.05, 4.69) is 15.6 Å². The Hall–Kier alpha value is -3.19. The fourth-order valence-corrected chi connectivity index (χ4v) is 4.59. The number of hydrogen-bond acceptors (Lipinski definition) is 4. The second-order valence-corrected chi connectivity index (χ2v) is 8.37. The molecule has 30 heavy (non-hydrogen) atoms. The molecular weight excluding hydrogens is 396 g/mol. The molecule has 0 spiro atoms. The number of benzene rings is 2. The number of amides is 3. The van der Waals surface area contributed by atoms with Crippen molar-refractivity contribution in [3.63, 3.8) is 0 Å². The number of piperidine rings is 1. The molecule has 3 aromatic rings. The fourth-order valence-electron chi connectivity index (χ4n) is 3.61. The van der Waals surface area contributed by atoms with E-state index in [0.717, 1.165) is 34.7 Å².